The van der Waals surface area contributed by atoms with E-state index in [1.807, 2.05) is 71.3 Å². The smallest absolute Gasteiger partial charge is 0.321 e. The summed E-state index contributed by atoms with van der Waals surface area (Å²) in [7, 11) is 3.09. The highest BCUT2D eigenvalue weighted by Crippen LogP contribution is 2.46. The lowest BCUT2D eigenvalue weighted by Gasteiger charge is -2.38. The standard InChI is InChI=1S/C28H27N3O5/c1-4-36-27(33)23-24(19-13-10-16-22(34-2)25(19)35-3)31-21-15-9-8-14-20(21)29-28(31)30(26(23)32)17-18-11-6-5-7-12-18/h5-16,23-24H,4,17H2,1-3H3. The van der Waals surface area contributed by atoms with E-state index in [2.05, 4.69) is 0 Å². The quantitative estimate of drug-likeness (QED) is 0.286. The van der Waals surface area contributed by atoms with Crippen LogP contribution in [0.2, 0.25) is 0 Å². The van der Waals surface area contributed by atoms with Gasteiger partial charge in [-0.1, -0.05) is 54.6 Å². The Morgan fingerprint density at radius 3 is 2.42 bits per heavy atom. The number of anilines is 1. The summed E-state index contributed by atoms with van der Waals surface area (Å²) in [6, 6.07) is 22.0. The fraction of sp³-hybridized carbons (Fsp3) is 0.250. The topological polar surface area (TPSA) is 82.9 Å². The molecule has 8 heteroatoms. The predicted octanol–water partition coefficient (Wildman–Crippen LogP) is 4.37. The van der Waals surface area contributed by atoms with Gasteiger partial charge in [-0.05, 0) is 30.7 Å². The van der Waals surface area contributed by atoms with Crippen LogP contribution in [-0.4, -0.2) is 42.3 Å². The lowest BCUT2D eigenvalue weighted by atomic mass is 9.88. The molecule has 2 atom stereocenters. The van der Waals surface area contributed by atoms with Crippen molar-refractivity contribution < 1.29 is 23.8 Å². The summed E-state index contributed by atoms with van der Waals surface area (Å²) in [5.74, 6) is -0.718. The van der Waals surface area contributed by atoms with Crippen molar-refractivity contribution in [3.63, 3.8) is 0 Å². The van der Waals surface area contributed by atoms with Gasteiger partial charge >= 0.3 is 5.97 Å². The number of fused-ring (bicyclic) bond motifs is 3. The Labute approximate surface area is 209 Å². The molecule has 1 amide bonds. The van der Waals surface area contributed by atoms with E-state index in [9.17, 15) is 9.59 Å². The number of imidazole rings is 1. The number of aromatic nitrogens is 2. The van der Waals surface area contributed by atoms with Gasteiger partial charge in [0, 0.05) is 5.56 Å². The van der Waals surface area contributed by atoms with Crippen molar-refractivity contribution in [2.45, 2.75) is 19.5 Å². The second-order valence-corrected chi connectivity index (χ2v) is 8.44. The van der Waals surface area contributed by atoms with Gasteiger partial charge in [0.15, 0.2) is 17.4 Å². The summed E-state index contributed by atoms with van der Waals surface area (Å²) >= 11 is 0. The number of para-hydroxylation sites is 3. The van der Waals surface area contributed by atoms with Crippen molar-refractivity contribution in [2.24, 2.45) is 5.92 Å². The molecule has 184 valence electrons. The molecule has 0 aliphatic carbocycles. The van der Waals surface area contributed by atoms with Crippen molar-refractivity contribution >= 4 is 28.9 Å². The maximum atomic E-state index is 14.1. The summed E-state index contributed by atoms with van der Waals surface area (Å²) in [5.41, 5.74) is 3.06. The van der Waals surface area contributed by atoms with Gasteiger partial charge in [-0.25, -0.2) is 4.98 Å². The van der Waals surface area contributed by atoms with E-state index < -0.39 is 17.9 Å². The number of rotatable bonds is 7. The lowest BCUT2D eigenvalue weighted by molar-refractivity contribution is -0.153. The van der Waals surface area contributed by atoms with Crippen molar-refractivity contribution in [1.82, 2.24) is 9.55 Å². The number of methoxy groups -OCH3 is 2. The second-order valence-electron chi connectivity index (χ2n) is 8.44. The normalized spacial score (nSPS) is 17.1. The number of benzene rings is 3. The molecule has 1 aromatic heterocycles. The van der Waals surface area contributed by atoms with Gasteiger partial charge in [-0.3, -0.25) is 14.5 Å². The first-order chi connectivity index (χ1) is 17.6. The van der Waals surface area contributed by atoms with Crippen molar-refractivity contribution in [3.05, 3.63) is 83.9 Å². The summed E-state index contributed by atoms with van der Waals surface area (Å²) in [4.78, 5) is 34.0. The van der Waals surface area contributed by atoms with E-state index >= 15 is 0 Å². The molecule has 1 aliphatic rings. The van der Waals surface area contributed by atoms with Gasteiger partial charge in [-0.2, -0.15) is 0 Å². The van der Waals surface area contributed by atoms with Crippen LogP contribution in [0.15, 0.2) is 72.8 Å². The zero-order valence-electron chi connectivity index (χ0n) is 20.4. The van der Waals surface area contributed by atoms with Gasteiger partial charge in [0.05, 0.1) is 44.4 Å². The molecule has 2 unspecified atom stereocenters. The third-order valence-corrected chi connectivity index (χ3v) is 6.42. The van der Waals surface area contributed by atoms with Crippen LogP contribution in [0, 0.1) is 5.92 Å². The average molecular weight is 486 g/mol. The minimum Gasteiger partial charge on any atom is -0.493 e. The molecule has 0 spiro atoms. The molecule has 0 saturated carbocycles. The molecular formula is C28H27N3O5. The molecule has 0 N–H and O–H groups in total. The summed E-state index contributed by atoms with van der Waals surface area (Å²) in [5, 5.41) is 0. The van der Waals surface area contributed by atoms with Gasteiger partial charge < -0.3 is 18.8 Å². The average Bonchev–Trinajstić information content (AvgIpc) is 3.29. The van der Waals surface area contributed by atoms with Crippen LogP contribution in [0.5, 0.6) is 11.5 Å². The van der Waals surface area contributed by atoms with E-state index in [-0.39, 0.29) is 19.1 Å². The molecule has 5 rings (SSSR count). The number of hydrogen-bond acceptors (Lipinski definition) is 6. The Morgan fingerprint density at radius 2 is 1.69 bits per heavy atom. The third-order valence-electron chi connectivity index (χ3n) is 6.42. The Morgan fingerprint density at radius 1 is 0.944 bits per heavy atom. The number of ether oxygens (including phenoxy) is 3. The van der Waals surface area contributed by atoms with Crippen LogP contribution >= 0.6 is 0 Å². The lowest BCUT2D eigenvalue weighted by Crippen LogP contribution is -2.49. The largest absolute Gasteiger partial charge is 0.493 e. The van der Waals surface area contributed by atoms with E-state index in [0.717, 1.165) is 16.6 Å². The third kappa shape index (κ3) is 3.84. The highest BCUT2D eigenvalue weighted by Gasteiger charge is 2.49. The fourth-order valence-corrected chi connectivity index (χ4v) is 4.89. The number of carbonyl (C=O) groups is 2. The number of esters is 1. The Kier molecular flexibility index (Phi) is 6.33. The molecule has 0 fully saturated rings. The number of nitrogens with zero attached hydrogens (tertiary/aromatic N) is 3. The highest BCUT2D eigenvalue weighted by atomic mass is 16.5. The first kappa shape index (κ1) is 23.4. The molecule has 8 nitrogen and oxygen atoms in total. The molecular weight excluding hydrogens is 458 g/mol. The first-order valence-corrected chi connectivity index (χ1v) is 11.8. The van der Waals surface area contributed by atoms with Crippen LogP contribution in [0.25, 0.3) is 11.0 Å². The molecule has 0 saturated heterocycles. The Hall–Kier alpha value is -4.33. The van der Waals surface area contributed by atoms with Crippen molar-refractivity contribution in [2.75, 3.05) is 25.7 Å². The number of amides is 1. The summed E-state index contributed by atoms with van der Waals surface area (Å²) in [6.45, 7) is 2.15. The molecule has 0 radical (unpaired) electrons. The SMILES string of the molecule is CCOC(=O)C1C(=O)N(Cc2ccccc2)c2nc3ccccc3n2C1c1cccc(OC)c1OC. The van der Waals surface area contributed by atoms with E-state index in [0.29, 0.717) is 23.0 Å². The van der Waals surface area contributed by atoms with Crippen LogP contribution in [0.4, 0.5) is 5.95 Å². The summed E-state index contributed by atoms with van der Waals surface area (Å²) < 4.78 is 18.7. The monoisotopic (exact) mass is 485 g/mol. The van der Waals surface area contributed by atoms with Crippen LogP contribution < -0.4 is 14.4 Å². The predicted molar refractivity (Wildman–Crippen MR) is 135 cm³/mol. The van der Waals surface area contributed by atoms with Gasteiger partial charge in [0.1, 0.15) is 0 Å². The zero-order valence-corrected chi connectivity index (χ0v) is 20.4. The maximum Gasteiger partial charge on any atom is 0.321 e. The van der Waals surface area contributed by atoms with Crippen LogP contribution in [0.1, 0.15) is 24.1 Å². The van der Waals surface area contributed by atoms with E-state index in [1.54, 1.807) is 32.1 Å². The van der Waals surface area contributed by atoms with E-state index in [4.69, 9.17) is 19.2 Å². The molecule has 3 aromatic carbocycles. The van der Waals surface area contributed by atoms with Crippen molar-refractivity contribution in [1.29, 1.82) is 0 Å². The minimum atomic E-state index is -1.15. The second kappa shape index (κ2) is 9.73. The van der Waals surface area contributed by atoms with Gasteiger partial charge in [0.25, 0.3) is 0 Å². The Bertz CT molecular complexity index is 1420. The molecule has 36 heavy (non-hydrogen) atoms. The molecule has 2 heterocycles. The van der Waals surface area contributed by atoms with E-state index in [1.165, 1.54) is 0 Å². The molecule has 1 aliphatic heterocycles. The highest BCUT2D eigenvalue weighted by molar-refractivity contribution is 6.08. The minimum absolute atomic E-state index is 0.154. The maximum absolute atomic E-state index is 14.1. The van der Waals surface area contributed by atoms with Crippen LogP contribution in [0.3, 0.4) is 0 Å². The fourth-order valence-electron chi connectivity index (χ4n) is 4.89. The summed E-state index contributed by atoms with van der Waals surface area (Å²) in [6.07, 6.45) is 0. The number of hydrogen-bond donors (Lipinski definition) is 0. The van der Waals surface area contributed by atoms with Crippen molar-refractivity contribution in [3.8, 4) is 11.5 Å². The molecule has 0 bridgehead atoms. The van der Waals surface area contributed by atoms with Crippen LogP contribution in [-0.2, 0) is 20.9 Å². The van der Waals surface area contributed by atoms with Gasteiger partial charge in [-0.15, -0.1) is 0 Å². The first-order valence-electron chi connectivity index (χ1n) is 11.8. The molecule has 4 aromatic rings. The Balaban J connectivity index is 1.79. The van der Waals surface area contributed by atoms with Gasteiger partial charge in [0.2, 0.25) is 11.9 Å². The zero-order chi connectivity index (χ0) is 25.2. The number of carbonyl (C=O) groups excluding carboxylic acids is 2.